The zero-order valence-corrected chi connectivity index (χ0v) is 11.8. The van der Waals surface area contributed by atoms with Crippen molar-refractivity contribution in [2.75, 3.05) is 12.4 Å². The fraction of sp³-hybridized carbons (Fsp3) is 0.500. The molecule has 106 valence electrons. The molecule has 1 aromatic carbocycles. The summed E-state index contributed by atoms with van der Waals surface area (Å²) in [7, 11) is 0. The van der Waals surface area contributed by atoms with Gasteiger partial charge in [0.15, 0.2) is 0 Å². The van der Waals surface area contributed by atoms with Gasteiger partial charge in [-0.1, -0.05) is 31.5 Å². The highest BCUT2D eigenvalue weighted by Crippen LogP contribution is 2.18. The first kappa shape index (κ1) is 16.0. The average Bonchev–Trinajstić information content (AvgIpc) is 2.45. The Bertz CT molecular complexity index is 369. The molecule has 1 rings (SSSR count). The molecule has 2 atom stereocenters. The van der Waals surface area contributed by atoms with Crippen LogP contribution in [0.2, 0.25) is 0 Å². The Morgan fingerprint density at radius 1 is 1.37 bits per heavy atom. The lowest BCUT2D eigenvalue weighted by atomic mass is 10.1. The summed E-state index contributed by atoms with van der Waals surface area (Å²) in [6.45, 7) is 1.54. The molecule has 0 aromatic heterocycles. The third-order valence-corrected chi connectivity index (χ3v) is 3.56. The summed E-state index contributed by atoms with van der Waals surface area (Å²) in [5.74, 6) is -0.178. The molecule has 2 N–H and O–H groups in total. The maximum absolute atomic E-state index is 11.7. The van der Waals surface area contributed by atoms with E-state index in [1.165, 1.54) is 11.8 Å². The second kappa shape index (κ2) is 8.96. The van der Waals surface area contributed by atoms with Crippen LogP contribution in [-0.2, 0) is 9.53 Å². The van der Waals surface area contributed by atoms with E-state index in [0.29, 0.717) is 6.42 Å². The van der Waals surface area contributed by atoms with E-state index in [2.05, 4.69) is 0 Å². The summed E-state index contributed by atoms with van der Waals surface area (Å²) in [4.78, 5) is 12.7. The molecule has 0 aliphatic heterocycles. The van der Waals surface area contributed by atoms with Crippen molar-refractivity contribution in [3.05, 3.63) is 30.3 Å². The van der Waals surface area contributed by atoms with E-state index in [0.717, 1.165) is 11.3 Å². The predicted octanol–water partition coefficient (Wildman–Crippen LogP) is 1.84. The van der Waals surface area contributed by atoms with E-state index in [1.807, 2.05) is 37.3 Å². The molecular weight excluding hydrogens is 264 g/mol. The molecule has 0 saturated carbocycles. The van der Waals surface area contributed by atoms with Gasteiger partial charge in [0.2, 0.25) is 0 Å². The van der Waals surface area contributed by atoms with Crippen LogP contribution in [-0.4, -0.2) is 40.8 Å². The first-order valence-electron chi connectivity index (χ1n) is 6.33. The Morgan fingerprint density at radius 2 is 2.05 bits per heavy atom. The molecule has 4 nitrogen and oxygen atoms in total. The monoisotopic (exact) mass is 284 g/mol. The maximum Gasteiger partial charge on any atom is 0.316 e. The Balaban J connectivity index is 2.40. The lowest BCUT2D eigenvalue weighted by Crippen LogP contribution is -2.34. The number of hydrogen-bond acceptors (Lipinski definition) is 5. The maximum atomic E-state index is 11.7. The van der Waals surface area contributed by atoms with Gasteiger partial charge in [0.25, 0.3) is 0 Å². The number of rotatable bonds is 8. The summed E-state index contributed by atoms with van der Waals surface area (Å²) in [6, 6.07) is 9.57. The minimum absolute atomic E-state index is 0.197. The third-order valence-electron chi connectivity index (χ3n) is 2.57. The van der Waals surface area contributed by atoms with Gasteiger partial charge in [0.1, 0.15) is 12.2 Å². The van der Waals surface area contributed by atoms with Crippen LogP contribution in [0.3, 0.4) is 0 Å². The summed E-state index contributed by atoms with van der Waals surface area (Å²) in [5.41, 5.74) is 0. The average molecular weight is 284 g/mol. The number of carbonyl (C=O) groups excluding carboxylic acids is 1. The highest BCUT2D eigenvalue weighted by Gasteiger charge is 2.21. The van der Waals surface area contributed by atoms with Crippen LogP contribution < -0.4 is 0 Å². The Labute approximate surface area is 117 Å². The van der Waals surface area contributed by atoms with E-state index >= 15 is 0 Å². The normalized spacial score (nSPS) is 13.8. The standard InChI is InChI=1S/C14H20O4S/c1-2-6-13(12(16)9-15)18-14(17)10-19-11-7-4-3-5-8-11/h3-5,7-8,12-13,15-16H,2,6,9-10H2,1H3/t12-,13+/m0/s1. The molecule has 19 heavy (non-hydrogen) atoms. The topological polar surface area (TPSA) is 66.8 Å². The second-order valence-corrected chi connectivity index (χ2v) is 5.22. The van der Waals surface area contributed by atoms with Gasteiger partial charge in [-0.05, 0) is 18.6 Å². The molecule has 0 bridgehead atoms. The van der Waals surface area contributed by atoms with Gasteiger partial charge in [0.05, 0.1) is 12.4 Å². The number of esters is 1. The van der Waals surface area contributed by atoms with Gasteiger partial charge in [-0.15, -0.1) is 11.8 Å². The SMILES string of the molecule is CCC[C@@H](OC(=O)CSc1ccccc1)[C@@H](O)CO. The van der Waals surface area contributed by atoms with Crippen molar-refractivity contribution >= 4 is 17.7 Å². The van der Waals surface area contributed by atoms with Crippen LogP contribution in [0.15, 0.2) is 35.2 Å². The van der Waals surface area contributed by atoms with Crippen molar-refractivity contribution in [3.8, 4) is 0 Å². The quantitative estimate of drug-likeness (QED) is 0.563. The fourth-order valence-electron chi connectivity index (χ4n) is 1.59. The highest BCUT2D eigenvalue weighted by atomic mass is 32.2. The number of aliphatic hydroxyl groups is 2. The minimum atomic E-state index is -1.01. The van der Waals surface area contributed by atoms with Gasteiger partial charge < -0.3 is 14.9 Å². The lowest BCUT2D eigenvalue weighted by Gasteiger charge is -2.21. The minimum Gasteiger partial charge on any atom is -0.459 e. The third kappa shape index (κ3) is 6.09. The van der Waals surface area contributed by atoms with Crippen LogP contribution in [0.1, 0.15) is 19.8 Å². The van der Waals surface area contributed by atoms with Crippen LogP contribution in [0.5, 0.6) is 0 Å². The molecule has 1 aromatic rings. The number of hydrogen-bond donors (Lipinski definition) is 2. The summed E-state index contributed by atoms with van der Waals surface area (Å²) >= 11 is 1.39. The molecule has 0 heterocycles. The molecule has 0 radical (unpaired) electrons. The molecule has 0 saturated heterocycles. The van der Waals surface area contributed by atoms with Crippen molar-refractivity contribution in [2.24, 2.45) is 0 Å². The Morgan fingerprint density at radius 3 is 2.63 bits per heavy atom. The smallest absolute Gasteiger partial charge is 0.316 e. The first-order valence-corrected chi connectivity index (χ1v) is 7.32. The molecule has 0 aliphatic rings. The summed E-state index contributed by atoms with van der Waals surface area (Å²) in [6.07, 6.45) is -0.311. The molecule has 0 spiro atoms. The molecule has 0 aliphatic carbocycles. The number of thioether (sulfide) groups is 1. The largest absolute Gasteiger partial charge is 0.459 e. The van der Waals surface area contributed by atoms with Crippen LogP contribution in [0.4, 0.5) is 0 Å². The van der Waals surface area contributed by atoms with E-state index < -0.39 is 18.8 Å². The van der Waals surface area contributed by atoms with E-state index in [9.17, 15) is 9.90 Å². The van der Waals surface area contributed by atoms with E-state index in [1.54, 1.807) is 0 Å². The van der Waals surface area contributed by atoms with Crippen molar-refractivity contribution in [1.29, 1.82) is 0 Å². The first-order chi connectivity index (χ1) is 9.17. The van der Waals surface area contributed by atoms with Gasteiger partial charge in [-0.25, -0.2) is 0 Å². The Kier molecular flexibility index (Phi) is 7.55. The van der Waals surface area contributed by atoms with Crippen molar-refractivity contribution in [3.63, 3.8) is 0 Å². The molecule has 5 heteroatoms. The number of carbonyl (C=O) groups is 1. The number of ether oxygens (including phenoxy) is 1. The van der Waals surface area contributed by atoms with E-state index in [4.69, 9.17) is 9.84 Å². The zero-order valence-electron chi connectivity index (χ0n) is 11.0. The summed E-state index contributed by atoms with van der Waals surface area (Å²) < 4.78 is 5.20. The van der Waals surface area contributed by atoms with Crippen LogP contribution in [0.25, 0.3) is 0 Å². The molecule has 0 amide bonds. The zero-order chi connectivity index (χ0) is 14.1. The van der Waals surface area contributed by atoms with E-state index in [-0.39, 0.29) is 11.7 Å². The van der Waals surface area contributed by atoms with Crippen LogP contribution in [0, 0.1) is 0 Å². The number of aliphatic hydroxyl groups excluding tert-OH is 2. The summed E-state index contributed by atoms with van der Waals surface area (Å²) in [5, 5.41) is 18.5. The number of benzene rings is 1. The predicted molar refractivity (Wildman–Crippen MR) is 75.0 cm³/mol. The van der Waals surface area contributed by atoms with Gasteiger partial charge in [-0.2, -0.15) is 0 Å². The van der Waals surface area contributed by atoms with Crippen molar-refractivity contribution in [1.82, 2.24) is 0 Å². The molecule has 0 unspecified atom stereocenters. The van der Waals surface area contributed by atoms with Crippen molar-refractivity contribution < 1.29 is 19.7 Å². The molecule has 0 fully saturated rings. The highest BCUT2D eigenvalue weighted by molar-refractivity contribution is 8.00. The second-order valence-electron chi connectivity index (χ2n) is 4.17. The lowest BCUT2D eigenvalue weighted by molar-refractivity contribution is -0.153. The fourth-order valence-corrected chi connectivity index (χ4v) is 2.30. The van der Waals surface area contributed by atoms with Gasteiger partial charge >= 0.3 is 5.97 Å². The van der Waals surface area contributed by atoms with Crippen LogP contribution >= 0.6 is 11.8 Å². The van der Waals surface area contributed by atoms with Crippen molar-refractivity contribution in [2.45, 2.75) is 36.9 Å². The Hall–Kier alpha value is -1.04. The van der Waals surface area contributed by atoms with Gasteiger partial charge in [-0.3, -0.25) is 4.79 Å². The molecular formula is C14H20O4S. The van der Waals surface area contributed by atoms with Gasteiger partial charge in [0, 0.05) is 4.90 Å².